The Balaban J connectivity index is 1.62. The summed E-state index contributed by atoms with van der Waals surface area (Å²) < 4.78 is 0. The molecule has 0 aromatic carbocycles. The number of hydrogen-bond donors (Lipinski definition) is 1. The van der Waals surface area contributed by atoms with Gasteiger partial charge in [-0.05, 0) is 50.2 Å². The molecule has 1 saturated heterocycles. The molecule has 5 heteroatoms. The van der Waals surface area contributed by atoms with E-state index in [1.807, 2.05) is 11.0 Å². The highest BCUT2D eigenvalue weighted by molar-refractivity contribution is 7.14. The van der Waals surface area contributed by atoms with Crippen LogP contribution in [0.25, 0.3) is 0 Å². The van der Waals surface area contributed by atoms with Gasteiger partial charge in [0.15, 0.2) is 0 Å². The Morgan fingerprint density at radius 2 is 2.13 bits per heavy atom. The zero-order chi connectivity index (χ0) is 16.2. The number of nitrogens with zero attached hydrogens (tertiary/aromatic N) is 1. The largest absolute Gasteiger partial charge is 0.356 e. The van der Waals surface area contributed by atoms with Crippen molar-refractivity contribution >= 4 is 23.2 Å². The zero-order valence-corrected chi connectivity index (χ0v) is 14.7. The Kier molecular flexibility index (Phi) is 5.36. The van der Waals surface area contributed by atoms with Crippen molar-refractivity contribution < 1.29 is 9.59 Å². The molecular weight excluding hydrogens is 308 g/mol. The van der Waals surface area contributed by atoms with Crippen LogP contribution in [0.1, 0.15) is 59.1 Å². The number of carbonyl (C=O) groups excluding carboxylic acids is 2. The van der Waals surface area contributed by atoms with Crippen LogP contribution in [0.2, 0.25) is 0 Å². The lowest BCUT2D eigenvalue weighted by Crippen LogP contribution is -2.34. The molecule has 1 atom stereocenters. The quantitative estimate of drug-likeness (QED) is 0.842. The number of unbranched alkanes of at least 4 members (excludes halogenated alkanes) is 1. The summed E-state index contributed by atoms with van der Waals surface area (Å²) in [4.78, 5) is 28.9. The van der Waals surface area contributed by atoms with Gasteiger partial charge in [-0.15, -0.1) is 11.3 Å². The summed E-state index contributed by atoms with van der Waals surface area (Å²) in [5.74, 6) is 0.442. The maximum absolute atomic E-state index is 12.5. The lowest BCUT2D eigenvalue weighted by Gasteiger charge is -2.21. The van der Waals surface area contributed by atoms with E-state index in [1.54, 1.807) is 11.3 Å². The topological polar surface area (TPSA) is 49.4 Å². The van der Waals surface area contributed by atoms with Crippen LogP contribution >= 0.6 is 11.3 Å². The highest BCUT2D eigenvalue weighted by atomic mass is 32.1. The number of rotatable bonds is 5. The highest BCUT2D eigenvalue weighted by Crippen LogP contribution is 2.33. The van der Waals surface area contributed by atoms with Crippen molar-refractivity contribution in [3.05, 3.63) is 21.4 Å². The summed E-state index contributed by atoms with van der Waals surface area (Å²) in [7, 11) is 0. The maximum Gasteiger partial charge on any atom is 0.263 e. The number of hydrogen-bond acceptors (Lipinski definition) is 3. The van der Waals surface area contributed by atoms with Gasteiger partial charge in [0.1, 0.15) is 0 Å². The van der Waals surface area contributed by atoms with Gasteiger partial charge in [0, 0.05) is 30.4 Å². The molecule has 1 aliphatic heterocycles. The summed E-state index contributed by atoms with van der Waals surface area (Å²) in [5.41, 5.74) is 1.22. The summed E-state index contributed by atoms with van der Waals surface area (Å²) in [6.45, 7) is 4.69. The lowest BCUT2D eigenvalue weighted by atomic mass is 9.87. The van der Waals surface area contributed by atoms with Gasteiger partial charge < -0.3 is 10.2 Å². The third kappa shape index (κ3) is 3.77. The van der Waals surface area contributed by atoms with Crippen molar-refractivity contribution in [3.8, 4) is 0 Å². The smallest absolute Gasteiger partial charge is 0.263 e. The molecule has 0 unspecified atom stereocenters. The Morgan fingerprint density at radius 3 is 2.87 bits per heavy atom. The van der Waals surface area contributed by atoms with E-state index in [-0.39, 0.29) is 17.7 Å². The SMILES string of the molecule is CCCCNC(=O)[C@H]1CCc2sc(C(=O)N3CCCC3)cc2C1. The monoisotopic (exact) mass is 334 g/mol. The molecule has 1 fully saturated rings. The summed E-state index contributed by atoms with van der Waals surface area (Å²) in [5, 5.41) is 3.05. The van der Waals surface area contributed by atoms with Crippen LogP contribution in [0, 0.1) is 5.92 Å². The number of amides is 2. The number of aryl methyl sites for hydroxylation is 1. The molecule has 126 valence electrons. The molecular formula is C18H26N2O2S. The van der Waals surface area contributed by atoms with Crippen LogP contribution in [-0.2, 0) is 17.6 Å². The van der Waals surface area contributed by atoms with Crippen LogP contribution in [0.15, 0.2) is 6.07 Å². The fourth-order valence-electron chi connectivity index (χ4n) is 3.46. The van der Waals surface area contributed by atoms with Gasteiger partial charge in [0.05, 0.1) is 4.88 Å². The van der Waals surface area contributed by atoms with Crippen LogP contribution in [0.3, 0.4) is 0 Å². The van der Waals surface area contributed by atoms with Crippen molar-refractivity contribution in [3.63, 3.8) is 0 Å². The van der Waals surface area contributed by atoms with E-state index in [0.717, 1.165) is 69.5 Å². The van der Waals surface area contributed by atoms with Gasteiger partial charge in [0.2, 0.25) is 5.91 Å². The van der Waals surface area contributed by atoms with Gasteiger partial charge in [-0.3, -0.25) is 9.59 Å². The Labute approximate surface area is 142 Å². The minimum absolute atomic E-state index is 0.0729. The fourth-order valence-corrected chi connectivity index (χ4v) is 4.64. The molecule has 23 heavy (non-hydrogen) atoms. The molecule has 1 aromatic heterocycles. The molecule has 2 heterocycles. The minimum Gasteiger partial charge on any atom is -0.356 e. The lowest BCUT2D eigenvalue weighted by molar-refractivity contribution is -0.125. The third-order valence-electron chi connectivity index (χ3n) is 4.89. The number of fused-ring (bicyclic) bond motifs is 1. The Morgan fingerprint density at radius 1 is 1.35 bits per heavy atom. The first-order valence-corrected chi connectivity index (χ1v) is 9.69. The molecule has 2 amide bonds. The van der Waals surface area contributed by atoms with Gasteiger partial charge in [-0.2, -0.15) is 0 Å². The minimum atomic E-state index is 0.0729. The van der Waals surface area contributed by atoms with Gasteiger partial charge in [0.25, 0.3) is 5.91 Å². The highest BCUT2D eigenvalue weighted by Gasteiger charge is 2.28. The molecule has 3 rings (SSSR count). The van der Waals surface area contributed by atoms with Crippen LogP contribution < -0.4 is 5.32 Å². The first-order chi connectivity index (χ1) is 11.2. The molecule has 0 radical (unpaired) electrons. The Bertz CT molecular complexity index is 576. The molecule has 0 bridgehead atoms. The van der Waals surface area contributed by atoms with Crippen LogP contribution in [-0.4, -0.2) is 36.3 Å². The summed E-state index contributed by atoms with van der Waals surface area (Å²) in [6, 6.07) is 2.05. The normalized spacial score (nSPS) is 20.4. The first-order valence-electron chi connectivity index (χ1n) is 8.87. The number of carbonyl (C=O) groups is 2. The number of thiophene rings is 1. The van der Waals surface area contributed by atoms with E-state index in [2.05, 4.69) is 12.2 Å². The van der Waals surface area contributed by atoms with Crippen molar-refractivity contribution in [2.45, 2.75) is 51.9 Å². The molecule has 0 spiro atoms. The second kappa shape index (κ2) is 7.47. The van der Waals surface area contributed by atoms with Crippen molar-refractivity contribution in [2.24, 2.45) is 5.92 Å². The number of likely N-dealkylation sites (tertiary alicyclic amines) is 1. The van der Waals surface area contributed by atoms with E-state index in [4.69, 9.17) is 0 Å². The maximum atomic E-state index is 12.5. The van der Waals surface area contributed by atoms with Crippen molar-refractivity contribution in [1.29, 1.82) is 0 Å². The fraction of sp³-hybridized carbons (Fsp3) is 0.667. The van der Waals surface area contributed by atoms with Gasteiger partial charge in [-0.25, -0.2) is 0 Å². The molecule has 0 saturated carbocycles. The van der Waals surface area contributed by atoms with Gasteiger partial charge in [-0.1, -0.05) is 13.3 Å². The van der Waals surface area contributed by atoms with Gasteiger partial charge >= 0.3 is 0 Å². The van der Waals surface area contributed by atoms with Crippen molar-refractivity contribution in [2.75, 3.05) is 19.6 Å². The standard InChI is InChI=1S/C18H26N2O2S/c1-2-3-8-19-17(21)13-6-7-15-14(11-13)12-16(23-15)18(22)20-9-4-5-10-20/h12-13H,2-11H2,1H3,(H,19,21)/t13-/m0/s1. The van der Waals surface area contributed by atoms with Crippen molar-refractivity contribution in [1.82, 2.24) is 10.2 Å². The average Bonchev–Trinajstić information content (AvgIpc) is 3.23. The van der Waals surface area contributed by atoms with E-state index in [0.29, 0.717) is 0 Å². The van der Waals surface area contributed by atoms with E-state index >= 15 is 0 Å². The molecule has 1 aromatic rings. The van der Waals surface area contributed by atoms with E-state index in [1.165, 1.54) is 10.4 Å². The van der Waals surface area contributed by atoms with E-state index < -0.39 is 0 Å². The predicted octanol–water partition coefficient (Wildman–Crippen LogP) is 3.01. The van der Waals surface area contributed by atoms with Crippen LogP contribution in [0.5, 0.6) is 0 Å². The molecule has 1 aliphatic carbocycles. The zero-order valence-electron chi connectivity index (χ0n) is 13.9. The first kappa shape index (κ1) is 16.5. The molecule has 2 aliphatic rings. The predicted molar refractivity (Wildman–Crippen MR) is 92.9 cm³/mol. The molecule has 4 nitrogen and oxygen atoms in total. The summed E-state index contributed by atoms with van der Waals surface area (Å²) in [6.07, 6.45) is 7.00. The third-order valence-corrected chi connectivity index (χ3v) is 6.11. The second-order valence-electron chi connectivity index (χ2n) is 6.64. The Hall–Kier alpha value is -1.36. The number of nitrogens with one attached hydrogen (secondary N) is 1. The molecule has 1 N–H and O–H groups in total. The average molecular weight is 334 g/mol. The van der Waals surface area contributed by atoms with E-state index in [9.17, 15) is 9.59 Å². The second-order valence-corrected chi connectivity index (χ2v) is 7.78. The van der Waals surface area contributed by atoms with Crippen LogP contribution in [0.4, 0.5) is 0 Å². The summed E-state index contributed by atoms with van der Waals surface area (Å²) >= 11 is 1.64.